The first kappa shape index (κ1) is 23.2. The Hall–Kier alpha value is -1.57. The average Bonchev–Trinajstić information content (AvgIpc) is 2.75. The Kier molecular flexibility index (Phi) is 4.91. The maximum Gasteiger partial charge on any atom is 0.220 e. The molecule has 5 aliphatic rings. The van der Waals surface area contributed by atoms with Gasteiger partial charge in [0, 0.05) is 11.0 Å². The Morgan fingerprint density at radius 3 is 2.33 bits per heavy atom. The molecular weight excluding hydrogens is 404 g/mol. The van der Waals surface area contributed by atoms with Gasteiger partial charge in [-0.05, 0) is 104 Å². The van der Waals surface area contributed by atoms with E-state index in [-0.39, 0.29) is 16.6 Å². The molecule has 0 saturated heterocycles. The molecule has 5 atom stereocenters. The topological polar surface area (TPSA) is 26.3 Å². The number of hydrogen-bond acceptors (Lipinski definition) is 2. The minimum absolute atomic E-state index is 0.0488. The van der Waals surface area contributed by atoms with Gasteiger partial charge in [-0.15, -0.1) is 0 Å². The van der Waals surface area contributed by atoms with Crippen molar-refractivity contribution in [1.82, 2.24) is 0 Å². The minimum atomic E-state index is -0.0645. The number of hydrogen-bond donors (Lipinski definition) is 0. The fourth-order valence-electron chi connectivity index (χ4n) is 8.94. The van der Waals surface area contributed by atoms with Crippen LogP contribution in [0, 0.1) is 33.0 Å². The molecule has 0 aromatic carbocycles. The molecular formula is C31H44O2. The van der Waals surface area contributed by atoms with Gasteiger partial charge in [-0.1, -0.05) is 59.3 Å². The van der Waals surface area contributed by atoms with E-state index < -0.39 is 0 Å². The largest absolute Gasteiger partial charge is 0.489 e. The fraction of sp³-hybridized carbons (Fsp3) is 0.710. The summed E-state index contributed by atoms with van der Waals surface area (Å²) in [7, 11) is 0. The molecule has 180 valence electrons. The van der Waals surface area contributed by atoms with E-state index in [4.69, 9.17) is 4.74 Å². The van der Waals surface area contributed by atoms with Gasteiger partial charge in [0.15, 0.2) is 5.76 Å². The average molecular weight is 449 g/mol. The van der Waals surface area contributed by atoms with Crippen LogP contribution in [-0.4, -0.2) is 12.4 Å². The van der Waals surface area contributed by atoms with Gasteiger partial charge < -0.3 is 4.74 Å². The molecule has 5 rings (SSSR count). The van der Waals surface area contributed by atoms with Crippen molar-refractivity contribution in [3.63, 3.8) is 0 Å². The number of carbonyl (C=O) groups is 1. The van der Waals surface area contributed by atoms with E-state index in [9.17, 15) is 4.79 Å². The third-order valence-electron chi connectivity index (χ3n) is 11.4. The first-order valence-corrected chi connectivity index (χ1v) is 13.4. The molecule has 3 saturated carbocycles. The highest BCUT2D eigenvalue weighted by atomic mass is 16.5. The van der Waals surface area contributed by atoms with Gasteiger partial charge in [0.05, 0.1) is 6.61 Å². The SMILES string of the molecule is CCOC1=C(C)C2=CC=C3[C@@](C)(CC[C@@]4(C)[C@@H]5CC(C)(C)CC[C@]5(C)CC[C@]34C)C2=CC1=O. The van der Waals surface area contributed by atoms with Crippen molar-refractivity contribution in [2.75, 3.05) is 6.61 Å². The smallest absolute Gasteiger partial charge is 0.220 e. The van der Waals surface area contributed by atoms with E-state index in [0.717, 1.165) is 17.9 Å². The third kappa shape index (κ3) is 2.94. The van der Waals surface area contributed by atoms with E-state index >= 15 is 0 Å². The summed E-state index contributed by atoms with van der Waals surface area (Å²) < 4.78 is 5.76. The van der Waals surface area contributed by atoms with Gasteiger partial charge in [-0.3, -0.25) is 4.79 Å². The Balaban J connectivity index is 1.63. The number of ketones is 1. The van der Waals surface area contributed by atoms with Crippen molar-refractivity contribution < 1.29 is 9.53 Å². The molecule has 0 spiro atoms. The number of carbonyl (C=O) groups excluding carboxylic acids is 1. The van der Waals surface area contributed by atoms with Crippen LogP contribution in [0.4, 0.5) is 0 Å². The summed E-state index contributed by atoms with van der Waals surface area (Å²) in [6.45, 7) is 19.8. The van der Waals surface area contributed by atoms with Crippen LogP contribution in [0.25, 0.3) is 0 Å². The maximum atomic E-state index is 13.1. The van der Waals surface area contributed by atoms with Gasteiger partial charge in [0.2, 0.25) is 5.78 Å². The summed E-state index contributed by atoms with van der Waals surface area (Å²) in [4.78, 5) is 13.1. The normalized spacial score (nSPS) is 43.9. The third-order valence-corrected chi connectivity index (χ3v) is 11.4. The molecule has 0 bridgehead atoms. The monoisotopic (exact) mass is 448 g/mol. The van der Waals surface area contributed by atoms with Crippen LogP contribution in [0.15, 0.2) is 46.3 Å². The molecule has 2 nitrogen and oxygen atoms in total. The molecule has 0 radical (unpaired) electrons. The van der Waals surface area contributed by atoms with Crippen molar-refractivity contribution in [2.24, 2.45) is 33.0 Å². The molecule has 0 aliphatic heterocycles. The van der Waals surface area contributed by atoms with E-state index in [1.54, 1.807) is 5.57 Å². The van der Waals surface area contributed by atoms with Crippen LogP contribution in [0.5, 0.6) is 0 Å². The van der Waals surface area contributed by atoms with Crippen LogP contribution >= 0.6 is 0 Å². The Morgan fingerprint density at radius 1 is 0.939 bits per heavy atom. The molecule has 5 aliphatic carbocycles. The van der Waals surface area contributed by atoms with Crippen molar-refractivity contribution >= 4 is 5.78 Å². The van der Waals surface area contributed by atoms with Gasteiger partial charge in [-0.2, -0.15) is 0 Å². The Bertz CT molecular complexity index is 1040. The molecule has 0 heterocycles. The number of allylic oxidation sites excluding steroid dienone is 7. The molecule has 0 aromatic rings. The zero-order chi connectivity index (χ0) is 24.0. The summed E-state index contributed by atoms with van der Waals surface area (Å²) >= 11 is 0. The second-order valence-electron chi connectivity index (χ2n) is 13.6. The number of fused-ring (bicyclic) bond motifs is 7. The predicted molar refractivity (Wildman–Crippen MR) is 136 cm³/mol. The lowest BCUT2D eigenvalue weighted by atomic mass is 9.34. The zero-order valence-electron chi connectivity index (χ0n) is 22.3. The molecule has 2 heteroatoms. The van der Waals surface area contributed by atoms with Crippen LogP contribution in [0.2, 0.25) is 0 Å². The zero-order valence-corrected chi connectivity index (χ0v) is 22.3. The first-order chi connectivity index (χ1) is 15.3. The summed E-state index contributed by atoms with van der Waals surface area (Å²) in [6, 6.07) is 0. The van der Waals surface area contributed by atoms with E-state index in [1.165, 1.54) is 49.7 Å². The molecule has 33 heavy (non-hydrogen) atoms. The fourth-order valence-corrected chi connectivity index (χ4v) is 8.94. The number of ether oxygens (including phenoxy) is 1. The van der Waals surface area contributed by atoms with Crippen molar-refractivity contribution in [2.45, 2.75) is 100 Å². The second-order valence-corrected chi connectivity index (χ2v) is 13.6. The molecule has 0 aromatic heterocycles. The van der Waals surface area contributed by atoms with E-state index in [0.29, 0.717) is 28.6 Å². The van der Waals surface area contributed by atoms with Crippen molar-refractivity contribution in [3.05, 3.63) is 46.3 Å². The minimum Gasteiger partial charge on any atom is -0.489 e. The van der Waals surface area contributed by atoms with Crippen LogP contribution in [0.3, 0.4) is 0 Å². The summed E-state index contributed by atoms with van der Waals surface area (Å²) in [5.41, 5.74) is 6.38. The van der Waals surface area contributed by atoms with Crippen LogP contribution in [0.1, 0.15) is 100 Å². The van der Waals surface area contributed by atoms with Gasteiger partial charge >= 0.3 is 0 Å². The molecule has 3 fully saturated rings. The van der Waals surface area contributed by atoms with Crippen LogP contribution in [-0.2, 0) is 9.53 Å². The van der Waals surface area contributed by atoms with Crippen LogP contribution < -0.4 is 0 Å². The Morgan fingerprint density at radius 2 is 1.64 bits per heavy atom. The lowest BCUT2D eigenvalue weighted by molar-refractivity contribution is -0.159. The lowest BCUT2D eigenvalue weighted by Crippen LogP contribution is -2.61. The quantitative estimate of drug-likeness (QED) is 0.426. The van der Waals surface area contributed by atoms with Crippen molar-refractivity contribution in [1.29, 1.82) is 0 Å². The first-order valence-electron chi connectivity index (χ1n) is 13.4. The number of rotatable bonds is 2. The molecule has 0 N–H and O–H groups in total. The lowest BCUT2D eigenvalue weighted by Gasteiger charge is -2.70. The van der Waals surface area contributed by atoms with Crippen molar-refractivity contribution in [3.8, 4) is 0 Å². The standard InChI is InChI=1S/C31H44O2/c1-9-33-26-20(2)21-10-11-24-29(6,22(21)18-23(26)32)15-17-31(8)25-19-27(3,4)12-13-28(25,5)14-16-30(24,31)7/h10-11,18,25H,9,12-17,19H2,1-8H3/t25-,28-,29+,30-,31+/m1/s1. The summed E-state index contributed by atoms with van der Waals surface area (Å²) in [6.07, 6.45) is 15.7. The van der Waals surface area contributed by atoms with Gasteiger partial charge in [-0.25, -0.2) is 0 Å². The van der Waals surface area contributed by atoms with E-state index in [1.807, 2.05) is 13.0 Å². The van der Waals surface area contributed by atoms with E-state index in [2.05, 4.69) is 60.6 Å². The van der Waals surface area contributed by atoms with Gasteiger partial charge in [0.1, 0.15) is 0 Å². The predicted octanol–water partition coefficient (Wildman–Crippen LogP) is 8.11. The molecule has 0 unspecified atom stereocenters. The second kappa shape index (κ2) is 6.98. The summed E-state index contributed by atoms with van der Waals surface area (Å²) in [5.74, 6) is 1.35. The highest BCUT2D eigenvalue weighted by molar-refractivity contribution is 6.07. The van der Waals surface area contributed by atoms with Gasteiger partial charge in [0.25, 0.3) is 0 Å². The highest BCUT2D eigenvalue weighted by Gasteiger charge is 2.66. The maximum absolute atomic E-state index is 13.1. The summed E-state index contributed by atoms with van der Waals surface area (Å²) in [5, 5.41) is 0. The highest BCUT2D eigenvalue weighted by Crippen LogP contribution is 2.75. The Labute approximate surface area is 201 Å². The molecule has 0 amide bonds.